The van der Waals surface area contributed by atoms with Crippen molar-refractivity contribution in [3.8, 4) is 0 Å². The number of carbonyl (C=O) groups excluding carboxylic acids is 1. The van der Waals surface area contributed by atoms with E-state index in [1.54, 1.807) is 6.07 Å². The number of aromatic nitrogens is 1. The molecule has 2 aromatic rings. The number of halogens is 1. The molecule has 106 valence electrons. The quantitative estimate of drug-likeness (QED) is 0.896. The number of hydrogen-bond acceptors (Lipinski definition) is 2. The Morgan fingerprint density at radius 3 is 3.00 bits per heavy atom. The van der Waals surface area contributed by atoms with Crippen molar-refractivity contribution < 1.29 is 9.18 Å². The van der Waals surface area contributed by atoms with Crippen LogP contribution >= 0.6 is 0 Å². The predicted octanol–water partition coefficient (Wildman–Crippen LogP) is 1.72. The van der Waals surface area contributed by atoms with E-state index in [1.807, 2.05) is 11.5 Å². The molecule has 0 saturated heterocycles. The van der Waals surface area contributed by atoms with Crippen molar-refractivity contribution in [1.29, 1.82) is 0 Å². The van der Waals surface area contributed by atoms with Crippen LogP contribution in [-0.2, 0) is 13.0 Å². The van der Waals surface area contributed by atoms with E-state index in [-0.39, 0.29) is 11.7 Å². The Kier molecular flexibility index (Phi) is 3.22. The molecule has 5 heteroatoms. The van der Waals surface area contributed by atoms with Crippen molar-refractivity contribution in [3.63, 3.8) is 0 Å². The molecular weight excluding hydrogens is 257 g/mol. The number of benzene rings is 1. The molecule has 0 aliphatic carbocycles. The lowest BCUT2D eigenvalue weighted by Crippen LogP contribution is -2.35. The molecule has 0 fully saturated rings. The first-order valence-corrected chi connectivity index (χ1v) is 6.93. The smallest absolute Gasteiger partial charge is 0.268 e. The average Bonchev–Trinajstić information content (AvgIpc) is 2.71. The lowest BCUT2D eigenvalue weighted by molar-refractivity contribution is 0.0928. The first kappa shape index (κ1) is 13.1. The van der Waals surface area contributed by atoms with Gasteiger partial charge in [-0.05, 0) is 49.6 Å². The zero-order valence-corrected chi connectivity index (χ0v) is 11.5. The number of amides is 1. The fourth-order valence-electron chi connectivity index (χ4n) is 3.07. The second-order valence-electron chi connectivity index (χ2n) is 5.23. The van der Waals surface area contributed by atoms with E-state index in [0.717, 1.165) is 41.4 Å². The fraction of sp³-hybridized carbons (Fsp3) is 0.400. The number of nitrogens with two attached hydrogens (primary N) is 1. The Hall–Kier alpha value is -1.88. The van der Waals surface area contributed by atoms with Crippen LogP contribution in [0, 0.1) is 12.7 Å². The highest BCUT2D eigenvalue weighted by atomic mass is 19.1. The van der Waals surface area contributed by atoms with Gasteiger partial charge < -0.3 is 15.6 Å². The molecule has 3 N–H and O–H groups in total. The maximum Gasteiger partial charge on any atom is 0.268 e. The molecule has 0 bridgehead atoms. The summed E-state index contributed by atoms with van der Waals surface area (Å²) < 4.78 is 15.8. The monoisotopic (exact) mass is 275 g/mol. The van der Waals surface area contributed by atoms with Crippen molar-refractivity contribution in [2.75, 3.05) is 13.1 Å². The van der Waals surface area contributed by atoms with E-state index in [4.69, 9.17) is 5.73 Å². The lowest BCUT2D eigenvalue weighted by Gasteiger charge is -2.18. The third kappa shape index (κ3) is 1.89. The van der Waals surface area contributed by atoms with Crippen LogP contribution < -0.4 is 11.1 Å². The van der Waals surface area contributed by atoms with Gasteiger partial charge in [0, 0.05) is 18.5 Å². The molecule has 1 aromatic heterocycles. The van der Waals surface area contributed by atoms with Crippen molar-refractivity contribution >= 4 is 16.8 Å². The molecule has 2 heterocycles. The molecule has 3 rings (SSSR count). The van der Waals surface area contributed by atoms with Crippen molar-refractivity contribution in [3.05, 3.63) is 34.8 Å². The van der Waals surface area contributed by atoms with Crippen LogP contribution in [0.4, 0.5) is 4.39 Å². The van der Waals surface area contributed by atoms with Crippen LogP contribution in [0.2, 0.25) is 0 Å². The first-order valence-electron chi connectivity index (χ1n) is 6.93. The average molecular weight is 275 g/mol. The van der Waals surface area contributed by atoms with Gasteiger partial charge in [-0.15, -0.1) is 0 Å². The number of aryl methyl sites for hydroxylation is 2. The molecule has 0 radical (unpaired) electrons. The minimum atomic E-state index is -0.254. The van der Waals surface area contributed by atoms with Crippen LogP contribution in [0.3, 0.4) is 0 Å². The Labute approximate surface area is 116 Å². The van der Waals surface area contributed by atoms with Gasteiger partial charge in [-0.3, -0.25) is 4.79 Å². The Bertz CT molecular complexity index is 690. The van der Waals surface area contributed by atoms with Gasteiger partial charge in [0.1, 0.15) is 11.5 Å². The van der Waals surface area contributed by atoms with Crippen molar-refractivity contribution in [1.82, 2.24) is 9.88 Å². The zero-order chi connectivity index (χ0) is 14.3. The number of carbonyl (C=O) groups is 1. The van der Waals surface area contributed by atoms with Gasteiger partial charge in [-0.1, -0.05) is 0 Å². The summed E-state index contributed by atoms with van der Waals surface area (Å²) in [7, 11) is 0. The zero-order valence-electron chi connectivity index (χ0n) is 11.5. The van der Waals surface area contributed by atoms with Gasteiger partial charge in [0.2, 0.25) is 0 Å². The fourth-order valence-corrected chi connectivity index (χ4v) is 3.07. The Morgan fingerprint density at radius 1 is 1.45 bits per heavy atom. The summed E-state index contributed by atoms with van der Waals surface area (Å²) in [5.41, 5.74) is 9.00. The summed E-state index contributed by atoms with van der Waals surface area (Å²) in [6.07, 6.45) is 1.54. The summed E-state index contributed by atoms with van der Waals surface area (Å²) in [5, 5.41) is 3.68. The highest BCUT2D eigenvalue weighted by molar-refractivity contribution is 6.03. The molecule has 0 spiro atoms. The molecular formula is C15H18FN3O. The standard InChI is InChI=1S/C15H18FN3O/c1-9-12-8-11(16)7-10(3-2-4-17)14(12)19-6-5-18-15(20)13(9)19/h7-8H,2-6,17H2,1H3,(H,18,20). The van der Waals surface area contributed by atoms with Crippen molar-refractivity contribution in [2.45, 2.75) is 26.3 Å². The largest absolute Gasteiger partial charge is 0.349 e. The third-order valence-corrected chi connectivity index (χ3v) is 3.94. The second-order valence-corrected chi connectivity index (χ2v) is 5.23. The molecule has 0 saturated carbocycles. The van der Waals surface area contributed by atoms with E-state index in [1.165, 1.54) is 6.07 Å². The molecule has 1 aliphatic rings. The highest BCUT2D eigenvalue weighted by Gasteiger charge is 2.25. The molecule has 0 atom stereocenters. The van der Waals surface area contributed by atoms with Gasteiger partial charge in [-0.25, -0.2) is 4.39 Å². The summed E-state index contributed by atoms with van der Waals surface area (Å²) in [6.45, 7) is 3.80. The van der Waals surface area contributed by atoms with Crippen LogP contribution in [0.25, 0.3) is 10.9 Å². The minimum Gasteiger partial charge on any atom is -0.349 e. The minimum absolute atomic E-state index is 0.0740. The molecule has 1 aromatic carbocycles. The van der Waals surface area contributed by atoms with Gasteiger partial charge in [-0.2, -0.15) is 0 Å². The molecule has 20 heavy (non-hydrogen) atoms. The molecule has 1 amide bonds. The maximum absolute atomic E-state index is 13.8. The number of rotatable bonds is 3. The number of fused-ring (bicyclic) bond motifs is 3. The van der Waals surface area contributed by atoms with E-state index in [0.29, 0.717) is 18.8 Å². The molecule has 4 nitrogen and oxygen atoms in total. The van der Waals surface area contributed by atoms with Gasteiger partial charge in [0.25, 0.3) is 5.91 Å². The number of nitrogens with one attached hydrogen (secondary N) is 1. The maximum atomic E-state index is 13.8. The van der Waals surface area contributed by atoms with E-state index < -0.39 is 0 Å². The number of hydrogen-bond donors (Lipinski definition) is 2. The highest BCUT2D eigenvalue weighted by Crippen LogP contribution is 2.31. The van der Waals surface area contributed by atoms with Crippen LogP contribution in [-0.4, -0.2) is 23.6 Å². The molecule has 0 unspecified atom stereocenters. The topological polar surface area (TPSA) is 60.0 Å². The summed E-state index contributed by atoms with van der Waals surface area (Å²) in [6, 6.07) is 3.09. The lowest BCUT2D eigenvalue weighted by atomic mass is 10.0. The van der Waals surface area contributed by atoms with E-state index >= 15 is 0 Å². The Balaban J connectivity index is 2.29. The Morgan fingerprint density at radius 2 is 2.25 bits per heavy atom. The van der Waals surface area contributed by atoms with E-state index in [2.05, 4.69) is 5.32 Å². The van der Waals surface area contributed by atoms with Crippen LogP contribution in [0.1, 0.15) is 28.0 Å². The SMILES string of the molecule is Cc1c2n(c3c(CCCN)cc(F)cc13)CCNC2=O. The normalized spacial score (nSPS) is 14.4. The van der Waals surface area contributed by atoms with Gasteiger partial charge >= 0.3 is 0 Å². The summed E-state index contributed by atoms with van der Waals surface area (Å²) in [5.74, 6) is -0.328. The summed E-state index contributed by atoms with van der Waals surface area (Å²) in [4.78, 5) is 12.0. The second kappa shape index (κ2) is 4.90. The summed E-state index contributed by atoms with van der Waals surface area (Å²) >= 11 is 0. The van der Waals surface area contributed by atoms with Gasteiger partial charge in [0.05, 0.1) is 5.52 Å². The predicted molar refractivity (Wildman–Crippen MR) is 76.3 cm³/mol. The van der Waals surface area contributed by atoms with Crippen LogP contribution in [0.5, 0.6) is 0 Å². The van der Waals surface area contributed by atoms with Crippen LogP contribution in [0.15, 0.2) is 12.1 Å². The van der Waals surface area contributed by atoms with E-state index in [9.17, 15) is 9.18 Å². The third-order valence-electron chi connectivity index (χ3n) is 3.94. The first-order chi connectivity index (χ1) is 9.63. The molecule has 1 aliphatic heterocycles. The van der Waals surface area contributed by atoms with Crippen molar-refractivity contribution in [2.24, 2.45) is 5.73 Å². The van der Waals surface area contributed by atoms with Gasteiger partial charge in [0.15, 0.2) is 0 Å². The number of nitrogens with zero attached hydrogens (tertiary/aromatic N) is 1.